The van der Waals surface area contributed by atoms with Gasteiger partial charge in [0.1, 0.15) is 0 Å². The molecule has 1 aromatic heterocycles. The molecule has 7 nitrogen and oxygen atoms in total. The third kappa shape index (κ3) is 2.96. The van der Waals surface area contributed by atoms with E-state index in [4.69, 9.17) is 5.73 Å². The van der Waals surface area contributed by atoms with Gasteiger partial charge in [0.2, 0.25) is 0 Å². The Bertz CT molecular complexity index is 1170. The third-order valence-corrected chi connectivity index (χ3v) is 8.05. The van der Waals surface area contributed by atoms with Crippen molar-refractivity contribution >= 4 is 20.4 Å². The van der Waals surface area contributed by atoms with Crippen LogP contribution in [0.15, 0.2) is 40.5 Å². The van der Waals surface area contributed by atoms with Crippen molar-refractivity contribution in [2.45, 2.75) is 50.2 Å². The lowest BCUT2D eigenvalue weighted by molar-refractivity contribution is 0.176. The lowest BCUT2D eigenvalue weighted by Gasteiger charge is -2.40. The zero-order chi connectivity index (χ0) is 21.2. The maximum atomic E-state index is 13.2. The zero-order valence-electron chi connectivity index (χ0n) is 17.4. The normalized spacial score (nSPS) is 28.2. The number of nitrogens with zero attached hydrogens (tertiary/aromatic N) is 2. The zero-order valence-corrected chi connectivity index (χ0v) is 18.2. The Labute approximate surface area is 176 Å². The van der Waals surface area contributed by atoms with E-state index in [1.165, 1.54) is 10.8 Å². The molecule has 2 aliphatic carbocycles. The lowest BCUT2D eigenvalue weighted by Crippen LogP contribution is -2.45. The molecule has 5 rings (SSSR count). The number of nitrogens with one attached hydrogen (secondary N) is 1. The smallest absolute Gasteiger partial charge is 0.260 e. The van der Waals surface area contributed by atoms with Gasteiger partial charge >= 0.3 is 0 Å². The van der Waals surface area contributed by atoms with Crippen molar-refractivity contribution in [1.29, 1.82) is 0 Å². The average Bonchev–Trinajstić information content (AvgIpc) is 2.99. The Morgan fingerprint density at radius 3 is 2.60 bits per heavy atom. The fourth-order valence-corrected chi connectivity index (χ4v) is 6.30. The summed E-state index contributed by atoms with van der Waals surface area (Å²) in [7, 11) is -1.83. The van der Waals surface area contributed by atoms with Crippen molar-refractivity contribution in [3.63, 3.8) is 0 Å². The molecule has 2 aliphatic heterocycles. The van der Waals surface area contributed by atoms with Crippen LogP contribution in [-0.2, 0) is 16.9 Å². The number of allylic oxidation sites excluding steroid dienone is 1. The quantitative estimate of drug-likeness (QED) is 0.738. The average molecular weight is 429 g/mol. The molecule has 1 atom stereocenters. The van der Waals surface area contributed by atoms with Crippen molar-refractivity contribution in [3.05, 3.63) is 57.2 Å². The largest absolute Gasteiger partial charge is 0.384 e. The molecule has 8 heteroatoms. The highest BCUT2D eigenvalue weighted by molar-refractivity contribution is 8.00. The highest BCUT2D eigenvalue weighted by atomic mass is 32.2. The van der Waals surface area contributed by atoms with Crippen molar-refractivity contribution in [2.24, 2.45) is 12.8 Å². The van der Waals surface area contributed by atoms with E-state index < -0.39 is 9.84 Å². The molecule has 0 aromatic carbocycles. The molecule has 1 unspecified atom stereocenters. The predicted molar refractivity (Wildman–Crippen MR) is 118 cm³/mol. The number of rotatable bonds is 2. The SMILES string of the molecule is Cn1ccc2c(c1=O)C1=C3C(=CN(C4CCC(N)CC4)C3CCN1)C=C2S(C)(=O)=O. The summed E-state index contributed by atoms with van der Waals surface area (Å²) in [6, 6.07) is 2.57. The highest BCUT2D eigenvalue weighted by Gasteiger charge is 2.41. The second-order valence-electron chi connectivity index (χ2n) is 8.92. The highest BCUT2D eigenvalue weighted by Crippen LogP contribution is 2.45. The summed E-state index contributed by atoms with van der Waals surface area (Å²) in [5.74, 6) is 0. The molecule has 0 saturated heterocycles. The molecule has 1 aromatic rings. The van der Waals surface area contributed by atoms with Crippen LogP contribution < -0.4 is 16.6 Å². The van der Waals surface area contributed by atoms with E-state index in [9.17, 15) is 13.2 Å². The first kappa shape index (κ1) is 19.6. The molecule has 4 aliphatic rings. The number of aryl methyl sites for hydroxylation is 1. The van der Waals surface area contributed by atoms with E-state index in [0.29, 0.717) is 17.2 Å². The minimum Gasteiger partial charge on any atom is -0.384 e. The molecule has 1 fully saturated rings. The first-order valence-electron chi connectivity index (χ1n) is 10.6. The van der Waals surface area contributed by atoms with Crippen LogP contribution in [0.3, 0.4) is 0 Å². The monoisotopic (exact) mass is 428 g/mol. The Hall–Kier alpha value is -2.32. The summed E-state index contributed by atoms with van der Waals surface area (Å²) in [4.78, 5) is 15.8. The Morgan fingerprint density at radius 1 is 1.17 bits per heavy atom. The maximum Gasteiger partial charge on any atom is 0.260 e. The Kier molecular flexibility index (Phi) is 4.48. The topological polar surface area (TPSA) is 97.4 Å². The van der Waals surface area contributed by atoms with Crippen molar-refractivity contribution in [3.8, 4) is 0 Å². The summed E-state index contributed by atoms with van der Waals surface area (Å²) in [6.45, 7) is 0.749. The van der Waals surface area contributed by atoms with Crippen molar-refractivity contribution in [2.75, 3.05) is 12.8 Å². The molecule has 3 heterocycles. The number of hydrogen-bond donors (Lipinski definition) is 2. The first-order valence-corrected chi connectivity index (χ1v) is 12.5. The minimum atomic E-state index is -3.53. The van der Waals surface area contributed by atoms with Gasteiger partial charge in [-0.25, -0.2) is 8.42 Å². The van der Waals surface area contributed by atoms with Gasteiger partial charge in [0.25, 0.3) is 5.56 Å². The van der Waals surface area contributed by atoms with Gasteiger partial charge in [-0.15, -0.1) is 0 Å². The number of aromatic nitrogens is 1. The van der Waals surface area contributed by atoms with Crippen LogP contribution in [-0.4, -0.2) is 48.8 Å². The van der Waals surface area contributed by atoms with E-state index in [1.807, 2.05) is 0 Å². The second kappa shape index (κ2) is 6.85. The summed E-state index contributed by atoms with van der Waals surface area (Å²) >= 11 is 0. The molecule has 0 radical (unpaired) electrons. The van der Waals surface area contributed by atoms with Gasteiger partial charge < -0.3 is 20.5 Å². The van der Waals surface area contributed by atoms with Crippen LogP contribution in [0.2, 0.25) is 0 Å². The van der Waals surface area contributed by atoms with Gasteiger partial charge in [-0.1, -0.05) is 0 Å². The summed E-state index contributed by atoms with van der Waals surface area (Å²) in [5.41, 5.74) is 9.63. The van der Waals surface area contributed by atoms with Gasteiger partial charge in [-0.05, 0) is 49.8 Å². The molecule has 3 N–H and O–H groups in total. The molecule has 30 heavy (non-hydrogen) atoms. The molecule has 0 amide bonds. The first-order chi connectivity index (χ1) is 14.3. The van der Waals surface area contributed by atoms with Gasteiger partial charge in [0.15, 0.2) is 9.84 Å². The van der Waals surface area contributed by atoms with E-state index >= 15 is 0 Å². The number of pyridine rings is 1. The fraction of sp³-hybridized carbons (Fsp3) is 0.500. The van der Waals surface area contributed by atoms with Crippen molar-refractivity contribution in [1.82, 2.24) is 14.8 Å². The lowest BCUT2D eigenvalue weighted by atomic mass is 9.88. The van der Waals surface area contributed by atoms with Crippen LogP contribution in [0.5, 0.6) is 0 Å². The third-order valence-electron chi connectivity index (χ3n) is 6.91. The van der Waals surface area contributed by atoms with Gasteiger partial charge in [0, 0.05) is 55.5 Å². The van der Waals surface area contributed by atoms with Gasteiger partial charge in [-0.2, -0.15) is 0 Å². The van der Waals surface area contributed by atoms with Crippen LogP contribution in [0.25, 0.3) is 10.6 Å². The minimum absolute atomic E-state index is 0.156. The maximum absolute atomic E-state index is 13.2. The van der Waals surface area contributed by atoms with Crippen LogP contribution >= 0.6 is 0 Å². The van der Waals surface area contributed by atoms with E-state index in [-0.39, 0.29) is 22.5 Å². The molecule has 1 saturated carbocycles. The number of hydrogen-bond acceptors (Lipinski definition) is 6. The summed E-state index contributed by atoms with van der Waals surface area (Å²) < 4.78 is 27.0. The van der Waals surface area contributed by atoms with E-state index in [1.54, 1.807) is 25.4 Å². The number of fused-ring (bicyclic) bond motifs is 2. The molecule has 0 bridgehead atoms. The summed E-state index contributed by atoms with van der Waals surface area (Å²) in [6.07, 6.45) is 11.8. The van der Waals surface area contributed by atoms with E-state index in [2.05, 4.69) is 16.4 Å². The van der Waals surface area contributed by atoms with Crippen LogP contribution in [0.1, 0.15) is 43.2 Å². The summed E-state index contributed by atoms with van der Waals surface area (Å²) in [5, 5.41) is 3.44. The second-order valence-corrected chi connectivity index (χ2v) is 10.9. The molecular formula is C22H28N4O3S. The number of sulfone groups is 1. The van der Waals surface area contributed by atoms with E-state index in [0.717, 1.165) is 55.5 Å². The Morgan fingerprint density at radius 2 is 1.90 bits per heavy atom. The van der Waals surface area contributed by atoms with Crippen LogP contribution in [0.4, 0.5) is 0 Å². The predicted octanol–water partition coefficient (Wildman–Crippen LogP) is 1.33. The molecular weight excluding hydrogens is 400 g/mol. The van der Waals surface area contributed by atoms with Gasteiger partial charge in [0.05, 0.1) is 22.2 Å². The molecule has 0 spiro atoms. The standard InChI is InChI=1S/C22H28N4O3S/c1-25-10-8-16-18(30(2,28)29)11-13-12-26(15-5-3-14(23)4-6-15)17-7-9-24-21(19(13)17)20(16)22(25)27/h8,10-12,14-15,17,24H,3-7,9,23H2,1-2H3. The fourth-order valence-electron chi connectivity index (χ4n) is 5.39. The van der Waals surface area contributed by atoms with Crippen molar-refractivity contribution < 1.29 is 8.42 Å². The van der Waals surface area contributed by atoms with Gasteiger partial charge in [-0.3, -0.25) is 4.79 Å². The number of nitrogens with two attached hydrogens (primary N) is 1. The Balaban J connectivity index is 1.73. The van der Waals surface area contributed by atoms with Crippen LogP contribution in [0, 0.1) is 0 Å². The molecule has 160 valence electrons.